The summed E-state index contributed by atoms with van der Waals surface area (Å²) in [5.74, 6) is 0. The summed E-state index contributed by atoms with van der Waals surface area (Å²) in [6, 6.07) is 3.33. The number of rotatable bonds is 2. The van der Waals surface area contributed by atoms with Gasteiger partial charge >= 0.3 is 0 Å². The molecule has 2 rings (SSSR count). The molecule has 0 aromatic heterocycles. The zero-order valence-electron chi connectivity index (χ0n) is 10.4. The number of sulfonamides is 1. The summed E-state index contributed by atoms with van der Waals surface area (Å²) in [4.78, 5) is 2.01. The Kier molecular flexibility index (Phi) is 4.15. The van der Waals surface area contributed by atoms with Crippen molar-refractivity contribution in [2.45, 2.75) is 0 Å². The lowest BCUT2D eigenvalue weighted by Crippen LogP contribution is -2.48. The van der Waals surface area contributed by atoms with Crippen LogP contribution < -0.4 is 10.6 Å². The number of benzene rings is 1. The maximum atomic E-state index is 11.4. The molecule has 0 unspecified atom stereocenters. The van der Waals surface area contributed by atoms with Crippen LogP contribution >= 0.6 is 23.2 Å². The first-order valence-electron chi connectivity index (χ1n) is 5.73. The first-order valence-corrected chi connectivity index (χ1v) is 8.34. The van der Waals surface area contributed by atoms with Crippen LogP contribution in [0, 0.1) is 0 Å². The minimum Gasteiger partial charge on any atom is -0.397 e. The summed E-state index contributed by atoms with van der Waals surface area (Å²) in [5.41, 5.74) is 7.26. The van der Waals surface area contributed by atoms with Gasteiger partial charge in [0.05, 0.1) is 27.7 Å². The van der Waals surface area contributed by atoms with Crippen molar-refractivity contribution in [2.24, 2.45) is 0 Å². The molecular formula is C11H15Cl2N3O2S. The summed E-state index contributed by atoms with van der Waals surface area (Å²) in [5, 5.41) is 0.856. The number of hydrogen-bond acceptors (Lipinski definition) is 4. The van der Waals surface area contributed by atoms with Crippen molar-refractivity contribution in [3.63, 3.8) is 0 Å². The van der Waals surface area contributed by atoms with Gasteiger partial charge in [-0.1, -0.05) is 23.2 Å². The van der Waals surface area contributed by atoms with Crippen LogP contribution in [-0.4, -0.2) is 45.2 Å². The van der Waals surface area contributed by atoms with Crippen molar-refractivity contribution in [1.29, 1.82) is 0 Å². The van der Waals surface area contributed by atoms with Gasteiger partial charge in [0.25, 0.3) is 0 Å². The fourth-order valence-corrected chi connectivity index (χ4v) is 3.24. The molecule has 106 valence electrons. The van der Waals surface area contributed by atoms with Crippen LogP contribution in [0.4, 0.5) is 11.4 Å². The van der Waals surface area contributed by atoms with Gasteiger partial charge in [0.1, 0.15) is 0 Å². The van der Waals surface area contributed by atoms with Crippen molar-refractivity contribution in [1.82, 2.24) is 4.31 Å². The fourth-order valence-electron chi connectivity index (χ4n) is 2.09. The Morgan fingerprint density at radius 1 is 1.11 bits per heavy atom. The average Bonchev–Trinajstić information content (AvgIpc) is 2.33. The van der Waals surface area contributed by atoms with E-state index in [2.05, 4.69) is 0 Å². The highest BCUT2D eigenvalue weighted by Crippen LogP contribution is 2.33. The highest BCUT2D eigenvalue weighted by atomic mass is 35.5. The van der Waals surface area contributed by atoms with Crippen LogP contribution in [0.15, 0.2) is 12.1 Å². The normalized spacial score (nSPS) is 17.7. The molecule has 0 bridgehead atoms. The first-order chi connectivity index (χ1) is 8.79. The fraction of sp³-hybridized carbons (Fsp3) is 0.455. The third-order valence-corrected chi connectivity index (χ3v) is 5.14. The number of halogens is 2. The van der Waals surface area contributed by atoms with Gasteiger partial charge in [-0.3, -0.25) is 0 Å². The maximum Gasteiger partial charge on any atom is 0.211 e. The van der Waals surface area contributed by atoms with Gasteiger partial charge in [-0.15, -0.1) is 0 Å². The Morgan fingerprint density at radius 3 is 2.16 bits per heavy atom. The Labute approximate surface area is 122 Å². The largest absolute Gasteiger partial charge is 0.397 e. The summed E-state index contributed by atoms with van der Waals surface area (Å²) in [7, 11) is -3.13. The molecule has 1 fully saturated rings. The SMILES string of the molecule is CS(=O)(=O)N1CCN(c2cc(Cl)c(Cl)cc2N)CC1. The van der Waals surface area contributed by atoms with Gasteiger partial charge in [0, 0.05) is 26.2 Å². The van der Waals surface area contributed by atoms with Crippen LogP contribution in [0.5, 0.6) is 0 Å². The molecule has 19 heavy (non-hydrogen) atoms. The number of nitrogens with zero attached hydrogens (tertiary/aromatic N) is 2. The van der Waals surface area contributed by atoms with E-state index in [1.54, 1.807) is 12.1 Å². The van der Waals surface area contributed by atoms with E-state index in [9.17, 15) is 8.42 Å². The lowest BCUT2D eigenvalue weighted by atomic mass is 10.2. The standard InChI is InChI=1S/C11H15Cl2N3O2S/c1-19(17,18)16-4-2-15(3-5-16)11-7-9(13)8(12)6-10(11)14/h6-7H,2-5,14H2,1H3. The number of nitrogens with two attached hydrogens (primary N) is 1. The Balaban J connectivity index is 2.16. The molecule has 0 aliphatic carbocycles. The summed E-state index contributed by atoms with van der Waals surface area (Å²) in [6.45, 7) is 2.04. The molecule has 1 aromatic carbocycles. The van der Waals surface area contributed by atoms with Gasteiger partial charge in [0.2, 0.25) is 10.0 Å². The minimum atomic E-state index is -3.13. The Morgan fingerprint density at radius 2 is 1.63 bits per heavy atom. The molecule has 0 saturated carbocycles. The van der Waals surface area contributed by atoms with Crippen LogP contribution in [0.3, 0.4) is 0 Å². The lowest BCUT2D eigenvalue weighted by Gasteiger charge is -2.35. The van der Waals surface area contributed by atoms with E-state index in [-0.39, 0.29) is 0 Å². The van der Waals surface area contributed by atoms with Crippen molar-refractivity contribution < 1.29 is 8.42 Å². The molecule has 0 radical (unpaired) electrons. The smallest absolute Gasteiger partial charge is 0.211 e. The monoisotopic (exact) mass is 323 g/mol. The van der Waals surface area contributed by atoms with Crippen LogP contribution in [-0.2, 0) is 10.0 Å². The molecule has 8 heteroatoms. The van der Waals surface area contributed by atoms with E-state index >= 15 is 0 Å². The molecule has 1 heterocycles. The summed E-state index contributed by atoms with van der Waals surface area (Å²) < 4.78 is 24.3. The van der Waals surface area contributed by atoms with E-state index in [0.29, 0.717) is 41.9 Å². The number of piperazine rings is 1. The molecule has 1 saturated heterocycles. The zero-order valence-corrected chi connectivity index (χ0v) is 12.8. The van der Waals surface area contributed by atoms with Crippen molar-refractivity contribution >= 4 is 44.6 Å². The summed E-state index contributed by atoms with van der Waals surface area (Å²) >= 11 is 11.9. The lowest BCUT2D eigenvalue weighted by molar-refractivity contribution is 0.388. The average molecular weight is 324 g/mol. The van der Waals surface area contributed by atoms with Gasteiger partial charge < -0.3 is 10.6 Å². The third-order valence-electron chi connectivity index (χ3n) is 3.12. The number of anilines is 2. The quantitative estimate of drug-likeness (QED) is 0.840. The minimum absolute atomic E-state index is 0.415. The second-order valence-corrected chi connectivity index (χ2v) is 7.27. The van der Waals surface area contributed by atoms with Crippen LogP contribution in [0.1, 0.15) is 0 Å². The molecule has 1 aliphatic rings. The molecule has 1 aliphatic heterocycles. The van der Waals surface area contributed by atoms with Crippen LogP contribution in [0.2, 0.25) is 10.0 Å². The molecule has 5 nitrogen and oxygen atoms in total. The van der Waals surface area contributed by atoms with Crippen molar-refractivity contribution in [2.75, 3.05) is 43.1 Å². The third kappa shape index (κ3) is 3.25. The number of hydrogen-bond donors (Lipinski definition) is 1. The van der Waals surface area contributed by atoms with E-state index in [1.807, 2.05) is 4.90 Å². The highest BCUT2D eigenvalue weighted by molar-refractivity contribution is 7.88. The molecule has 0 atom stereocenters. The maximum absolute atomic E-state index is 11.4. The molecule has 0 spiro atoms. The number of nitrogen functional groups attached to an aromatic ring is 1. The van der Waals surface area contributed by atoms with E-state index in [0.717, 1.165) is 5.69 Å². The summed E-state index contributed by atoms with van der Waals surface area (Å²) in [6.07, 6.45) is 1.22. The molecule has 1 aromatic rings. The van der Waals surface area contributed by atoms with Gasteiger partial charge in [-0.25, -0.2) is 8.42 Å². The van der Waals surface area contributed by atoms with Gasteiger partial charge in [-0.2, -0.15) is 4.31 Å². The van der Waals surface area contributed by atoms with E-state index < -0.39 is 10.0 Å². The van der Waals surface area contributed by atoms with Crippen LogP contribution in [0.25, 0.3) is 0 Å². The predicted octanol–water partition coefficient (Wildman–Crippen LogP) is 1.66. The molecule has 2 N–H and O–H groups in total. The topological polar surface area (TPSA) is 66.6 Å². The second kappa shape index (κ2) is 5.36. The van der Waals surface area contributed by atoms with Crippen molar-refractivity contribution in [3.05, 3.63) is 22.2 Å². The molecular weight excluding hydrogens is 309 g/mol. The zero-order chi connectivity index (χ0) is 14.2. The van der Waals surface area contributed by atoms with E-state index in [1.165, 1.54) is 10.6 Å². The van der Waals surface area contributed by atoms with Gasteiger partial charge in [0.15, 0.2) is 0 Å². The van der Waals surface area contributed by atoms with Crippen molar-refractivity contribution in [3.8, 4) is 0 Å². The second-order valence-electron chi connectivity index (χ2n) is 4.47. The van der Waals surface area contributed by atoms with Gasteiger partial charge in [-0.05, 0) is 12.1 Å². The Hall–Kier alpha value is -0.690. The first kappa shape index (κ1) is 14.7. The predicted molar refractivity (Wildman–Crippen MR) is 79.5 cm³/mol. The van der Waals surface area contributed by atoms with E-state index in [4.69, 9.17) is 28.9 Å². The molecule has 0 amide bonds. The highest BCUT2D eigenvalue weighted by Gasteiger charge is 2.24. The Bertz CT molecular complexity index is 584.